The van der Waals surface area contributed by atoms with Gasteiger partial charge in [0.05, 0.1) is 36.9 Å². The number of aromatic nitrogens is 2. The summed E-state index contributed by atoms with van der Waals surface area (Å²) in [7, 11) is 0. The van der Waals surface area contributed by atoms with Crippen molar-refractivity contribution in [2.75, 3.05) is 11.9 Å². The first-order valence-corrected chi connectivity index (χ1v) is 10.3. The highest BCUT2D eigenvalue weighted by Gasteiger charge is 2.60. The van der Waals surface area contributed by atoms with Crippen molar-refractivity contribution in [1.82, 2.24) is 9.97 Å². The Morgan fingerprint density at radius 3 is 2.77 bits per heavy atom. The number of nitrogens with zero attached hydrogens (tertiary/aromatic N) is 3. The molecule has 2 aromatic carbocycles. The van der Waals surface area contributed by atoms with E-state index in [0.29, 0.717) is 36.7 Å². The number of hydrogen-bond donors (Lipinski definition) is 1. The Hall–Kier alpha value is -3.72. The van der Waals surface area contributed by atoms with Gasteiger partial charge in [-0.15, -0.1) is 0 Å². The molecule has 1 heterocycles. The van der Waals surface area contributed by atoms with Crippen molar-refractivity contribution < 1.29 is 9.53 Å². The minimum absolute atomic E-state index is 0.0431. The van der Waals surface area contributed by atoms with E-state index < -0.39 is 5.41 Å². The molecular weight excluding hydrogens is 388 g/mol. The molecular formula is C25H24N4O2. The second kappa shape index (κ2) is 8.57. The largest absolute Gasteiger partial charge is 0.489 e. The molecule has 1 aliphatic rings. The topological polar surface area (TPSA) is 87.9 Å². The first-order chi connectivity index (χ1) is 15.0. The van der Waals surface area contributed by atoms with Crippen molar-refractivity contribution >= 4 is 11.6 Å². The number of anilines is 1. The lowest BCUT2D eigenvalue weighted by Gasteiger charge is -2.19. The molecule has 156 valence electrons. The van der Waals surface area contributed by atoms with Crippen molar-refractivity contribution in [1.29, 1.82) is 5.26 Å². The van der Waals surface area contributed by atoms with E-state index in [1.807, 2.05) is 68.4 Å². The molecule has 6 heteroatoms. The molecule has 3 aromatic rings. The van der Waals surface area contributed by atoms with Gasteiger partial charge in [-0.1, -0.05) is 42.5 Å². The zero-order valence-corrected chi connectivity index (χ0v) is 17.6. The summed E-state index contributed by atoms with van der Waals surface area (Å²) in [6.45, 7) is 4.11. The third kappa shape index (κ3) is 4.41. The van der Waals surface area contributed by atoms with Gasteiger partial charge < -0.3 is 10.1 Å². The van der Waals surface area contributed by atoms with Gasteiger partial charge in [-0.05, 0) is 43.5 Å². The van der Waals surface area contributed by atoms with Crippen LogP contribution in [0.2, 0.25) is 0 Å². The summed E-state index contributed by atoms with van der Waals surface area (Å²) >= 11 is 0. The highest BCUT2D eigenvalue weighted by atomic mass is 16.5. The van der Waals surface area contributed by atoms with Gasteiger partial charge in [-0.3, -0.25) is 4.79 Å². The lowest BCUT2D eigenvalue weighted by molar-refractivity contribution is -0.117. The third-order valence-corrected chi connectivity index (χ3v) is 5.76. The Labute approximate surface area is 181 Å². The van der Waals surface area contributed by atoms with E-state index in [0.717, 1.165) is 16.8 Å². The summed E-state index contributed by atoms with van der Waals surface area (Å²) in [6, 6.07) is 19.6. The maximum atomic E-state index is 13.1. The predicted octanol–water partition coefficient (Wildman–Crippen LogP) is 4.13. The summed E-state index contributed by atoms with van der Waals surface area (Å²) in [6.07, 6.45) is 2.70. The van der Waals surface area contributed by atoms with Crippen LogP contribution in [-0.4, -0.2) is 22.5 Å². The summed E-state index contributed by atoms with van der Waals surface area (Å²) in [5.74, 6) is 1.08. The number of ether oxygens (including phenoxy) is 1. The van der Waals surface area contributed by atoms with Gasteiger partial charge in [-0.25, -0.2) is 9.97 Å². The highest BCUT2D eigenvalue weighted by Crippen LogP contribution is 2.55. The number of rotatable bonds is 7. The number of carbonyl (C=O) groups is 1. The van der Waals surface area contributed by atoms with Gasteiger partial charge in [0.25, 0.3) is 0 Å². The Morgan fingerprint density at radius 1 is 1.23 bits per heavy atom. The number of hydrogen-bond acceptors (Lipinski definition) is 5. The number of aryl methyl sites for hydroxylation is 2. The SMILES string of the molecule is Cc1ncc(OCC2(c3ccccc3)CC2C(=O)Nc2cccc(CC#N)c2)c(C)n1. The van der Waals surface area contributed by atoms with Crippen LogP contribution >= 0.6 is 0 Å². The average Bonchev–Trinajstić information content (AvgIpc) is 3.50. The van der Waals surface area contributed by atoms with Crippen molar-refractivity contribution in [2.45, 2.75) is 32.1 Å². The quantitative estimate of drug-likeness (QED) is 0.630. The summed E-state index contributed by atoms with van der Waals surface area (Å²) in [5, 5.41) is 11.9. The highest BCUT2D eigenvalue weighted by molar-refractivity contribution is 5.96. The van der Waals surface area contributed by atoms with Gasteiger partial charge in [0, 0.05) is 11.1 Å². The predicted molar refractivity (Wildman–Crippen MR) is 118 cm³/mol. The maximum absolute atomic E-state index is 13.1. The molecule has 1 N–H and O–H groups in total. The number of nitriles is 1. The van der Waals surface area contributed by atoms with Crippen molar-refractivity contribution in [3.8, 4) is 11.8 Å². The number of amides is 1. The van der Waals surface area contributed by atoms with Gasteiger partial charge in [0.1, 0.15) is 5.82 Å². The number of carbonyl (C=O) groups excluding carboxylic acids is 1. The fourth-order valence-corrected chi connectivity index (χ4v) is 3.98. The van der Waals surface area contributed by atoms with Crippen LogP contribution < -0.4 is 10.1 Å². The van der Waals surface area contributed by atoms with Crippen molar-refractivity contribution in [3.05, 3.63) is 83.4 Å². The Balaban J connectivity index is 1.53. The van der Waals surface area contributed by atoms with Crippen LogP contribution in [0.15, 0.2) is 60.8 Å². The van der Waals surface area contributed by atoms with E-state index in [-0.39, 0.29) is 11.8 Å². The Morgan fingerprint density at radius 2 is 2.03 bits per heavy atom. The minimum atomic E-state index is -0.396. The van der Waals surface area contributed by atoms with Gasteiger partial charge in [0.15, 0.2) is 5.75 Å². The van der Waals surface area contributed by atoms with Crippen molar-refractivity contribution in [3.63, 3.8) is 0 Å². The Kier molecular flexibility index (Phi) is 5.68. The minimum Gasteiger partial charge on any atom is -0.489 e. The lowest BCUT2D eigenvalue weighted by atomic mass is 9.93. The van der Waals surface area contributed by atoms with Crippen LogP contribution in [0.1, 0.15) is 29.1 Å². The monoisotopic (exact) mass is 412 g/mol. The third-order valence-electron chi connectivity index (χ3n) is 5.76. The molecule has 0 spiro atoms. The van der Waals surface area contributed by atoms with Gasteiger partial charge in [0.2, 0.25) is 5.91 Å². The number of nitrogens with one attached hydrogen (secondary N) is 1. The van der Waals surface area contributed by atoms with Crippen LogP contribution in [0.4, 0.5) is 5.69 Å². The molecule has 2 unspecified atom stereocenters. The molecule has 2 atom stereocenters. The van der Waals surface area contributed by atoms with Crippen LogP contribution in [0.5, 0.6) is 5.75 Å². The second-order valence-corrected chi connectivity index (χ2v) is 7.96. The standard InChI is InChI=1S/C25H24N4O2/c1-17-23(15-27-18(2)28-17)31-16-25(20-8-4-3-5-9-20)14-22(25)24(30)29-21-10-6-7-19(13-21)11-12-26/h3-10,13,15,22H,11,14,16H2,1-2H3,(H,29,30). The van der Waals surface area contributed by atoms with E-state index in [1.54, 1.807) is 6.20 Å². The van der Waals surface area contributed by atoms with Gasteiger partial charge in [-0.2, -0.15) is 5.26 Å². The molecule has 0 aliphatic heterocycles. The zero-order chi connectivity index (χ0) is 21.8. The molecule has 0 saturated heterocycles. The molecule has 1 aliphatic carbocycles. The zero-order valence-electron chi connectivity index (χ0n) is 17.6. The molecule has 31 heavy (non-hydrogen) atoms. The fraction of sp³-hybridized carbons (Fsp3) is 0.280. The van der Waals surface area contributed by atoms with Crippen LogP contribution in [-0.2, 0) is 16.6 Å². The maximum Gasteiger partial charge on any atom is 0.228 e. The molecule has 1 saturated carbocycles. The van der Waals surface area contributed by atoms with Crippen molar-refractivity contribution in [2.24, 2.45) is 5.92 Å². The molecule has 6 nitrogen and oxygen atoms in total. The van der Waals surface area contributed by atoms with Crippen LogP contribution in [0.3, 0.4) is 0 Å². The molecule has 1 amide bonds. The van der Waals surface area contributed by atoms with Gasteiger partial charge >= 0.3 is 0 Å². The lowest BCUT2D eigenvalue weighted by Crippen LogP contribution is -2.26. The van der Waals surface area contributed by atoms with Crippen LogP contribution in [0.25, 0.3) is 0 Å². The molecule has 4 rings (SSSR count). The van der Waals surface area contributed by atoms with Crippen LogP contribution in [0, 0.1) is 31.1 Å². The molecule has 0 radical (unpaired) electrons. The van der Waals surface area contributed by atoms with E-state index in [4.69, 9.17) is 10.00 Å². The van der Waals surface area contributed by atoms with E-state index in [1.165, 1.54) is 0 Å². The molecule has 1 aromatic heterocycles. The summed E-state index contributed by atoms with van der Waals surface area (Å²) in [5.41, 5.74) is 3.05. The molecule has 0 bridgehead atoms. The second-order valence-electron chi connectivity index (χ2n) is 7.96. The number of benzene rings is 2. The average molecular weight is 412 g/mol. The Bertz CT molecular complexity index is 1140. The fourth-order valence-electron chi connectivity index (χ4n) is 3.98. The first kappa shape index (κ1) is 20.5. The molecule has 1 fully saturated rings. The normalized spacial score (nSPS) is 19.3. The van der Waals surface area contributed by atoms with E-state index >= 15 is 0 Å². The summed E-state index contributed by atoms with van der Waals surface area (Å²) < 4.78 is 6.11. The van der Waals surface area contributed by atoms with E-state index in [9.17, 15) is 4.79 Å². The smallest absolute Gasteiger partial charge is 0.228 e. The first-order valence-electron chi connectivity index (χ1n) is 10.3. The van der Waals surface area contributed by atoms with E-state index in [2.05, 4.69) is 21.4 Å². The summed E-state index contributed by atoms with van der Waals surface area (Å²) in [4.78, 5) is 21.7.